The SMILES string of the molecule is C=CCOC(=O)c1c(CCC[C@@H](C)O[Si](C)(C)C(C)(C)C)nc(=N)n2c1CC[C@H]2CC#CC/C=C\[C@H](CC)O[Si](C)(C)C(C)(C)C. The van der Waals surface area contributed by atoms with Gasteiger partial charge in [0.05, 0.1) is 11.8 Å². The second-order valence-electron chi connectivity index (χ2n) is 15.7. The normalized spacial score (nSPS) is 16.9. The number of aryl methyl sites for hydroxylation is 1. The lowest BCUT2D eigenvalue weighted by Gasteiger charge is -2.38. The van der Waals surface area contributed by atoms with Crippen LogP contribution in [-0.4, -0.2) is 51.0 Å². The summed E-state index contributed by atoms with van der Waals surface area (Å²) in [5.41, 5.74) is 2.19. The maximum atomic E-state index is 13.3. The van der Waals surface area contributed by atoms with Crippen molar-refractivity contribution >= 4 is 22.6 Å². The van der Waals surface area contributed by atoms with Gasteiger partial charge in [-0.2, -0.15) is 0 Å². The van der Waals surface area contributed by atoms with Gasteiger partial charge in [0.2, 0.25) is 5.62 Å². The van der Waals surface area contributed by atoms with E-state index in [4.69, 9.17) is 19.0 Å². The summed E-state index contributed by atoms with van der Waals surface area (Å²) in [7, 11) is -3.69. The number of fused-ring (bicyclic) bond motifs is 1. The van der Waals surface area contributed by atoms with Gasteiger partial charge in [-0.3, -0.25) is 5.41 Å². The van der Waals surface area contributed by atoms with Crippen molar-refractivity contribution < 1.29 is 18.4 Å². The van der Waals surface area contributed by atoms with E-state index in [9.17, 15) is 4.79 Å². The van der Waals surface area contributed by atoms with E-state index in [2.05, 4.69) is 117 Å². The number of rotatable bonds is 15. The highest BCUT2D eigenvalue weighted by molar-refractivity contribution is 6.74. The fourth-order valence-electron chi connectivity index (χ4n) is 5.19. The second kappa shape index (κ2) is 16.7. The van der Waals surface area contributed by atoms with Crippen LogP contribution >= 0.6 is 0 Å². The average Bonchev–Trinajstić information content (AvgIpc) is 3.35. The lowest BCUT2D eigenvalue weighted by Crippen LogP contribution is -2.43. The molecule has 0 aliphatic carbocycles. The number of nitrogens with zero attached hydrogens (tertiary/aromatic N) is 2. The van der Waals surface area contributed by atoms with Gasteiger partial charge >= 0.3 is 5.97 Å². The average molecular weight is 670 g/mol. The standard InChI is InChI=1S/C37H63N3O4Si2/c1-14-27-42-34(41)33-31(24-20-21-28(3)43-45(10,11)36(4,5)6)39-35(38)40-29(25-26-32(33)40)22-18-16-17-19-23-30(15-2)44-46(12,13)37(7,8)9/h14,19,23,28-30,38H,1,15,17,20-22,24-27H2,2-13H3/b23-19-,38-35?/t28-,29-,30+/m1/s1. The minimum absolute atomic E-state index is 0.00908. The van der Waals surface area contributed by atoms with E-state index in [0.29, 0.717) is 36.9 Å². The smallest absolute Gasteiger partial charge is 0.342 e. The summed E-state index contributed by atoms with van der Waals surface area (Å²) in [6.45, 7) is 30.8. The Kier molecular flexibility index (Phi) is 14.5. The van der Waals surface area contributed by atoms with Crippen molar-refractivity contribution in [2.75, 3.05) is 6.61 Å². The van der Waals surface area contributed by atoms with E-state index in [1.54, 1.807) is 6.08 Å². The number of hydrogen-bond donors (Lipinski definition) is 1. The summed E-state index contributed by atoms with van der Waals surface area (Å²) in [5, 5.41) is 9.16. The molecule has 9 heteroatoms. The van der Waals surface area contributed by atoms with Crippen molar-refractivity contribution in [3.05, 3.63) is 47.4 Å². The third kappa shape index (κ3) is 10.9. The molecule has 1 aliphatic heterocycles. The molecule has 0 radical (unpaired) electrons. The summed E-state index contributed by atoms with van der Waals surface area (Å²) in [4.78, 5) is 18.0. The van der Waals surface area contributed by atoms with E-state index in [1.165, 1.54) is 0 Å². The van der Waals surface area contributed by atoms with Gasteiger partial charge in [0.15, 0.2) is 16.6 Å². The molecule has 0 unspecified atom stereocenters. The topological polar surface area (TPSA) is 86.4 Å². The Bertz CT molecular complexity index is 1340. The van der Waals surface area contributed by atoms with Crippen molar-refractivity contribution in [2.24, 2.45) is 0 Å². The molecule has 0 bridgehead atoms. The molecule has 1 aromatic heterocycles. The molecular formula is C37H63N3O4Si2. The number of hydrogen-bond acceptors (Lipinski definition) is 6. The summed E-state index contributed by atoms with van der Waals surface area (Å²) in [5.74, 6) is 6.23. The summed E-state index contributed by atoms with van der Waals surface area (Å²) in [6.07, 6.45) is 12.1. The lowest BCUT2D eigenvalue weighted by molar-refractivity contribution is 0.0545. The van der Waals surface area contributed by atoms with Crippen LogP contribution in [0.5, 0.6) is 0 Å². The summed E-state index contributed by atoms with van der Waals surface area (Å²) >= 11 is 0. The van der Waals surface area contributed by atoms with Crippen molar-refractivity contribution in [1.29, 1.82) is 5.41 Å². The first-order chi connectivity index (χ1) is 21.3. The van der Waals surface area contributed by atoms with Crippen LogP contribution in [0.2, 0.25) is 36.3 Å². The van der Waals surface area contributed by atoms with Crippen LogP contribution in [0.15, 0.2) is 24.8 Å². The Morgan fingerprint density at radius 1 is 1.11 bits per heavy atom. The zero-order valence-electron chi connectivity index (χ0n) is 31.1. The predicted molar refractivity (Wildman–Crippen MR) is 195 cm³/mol. The van der Waals surface area contributed by atoms with Crippen molar-refractivity contribution in [2.45, 2.75) is 161 Å². The molecular weight excluding hydrogens is 607 g/mol. The predicted octanol–water partition coefficient (Wildman–Crippen LogP) is 9.07. The Hall–Kier alpha value is -2.26. The Morgan fingerprint density at radius 3 is 2.33 bits per heavy atom. The van der Waals surface area contributed by atoms with Gasteiger partial charge in [0.1, 0.15) is 12.2 Å². The molecule has 1 N–H and O–H groups in total. The van der Waals surface area contributed by atoms with E-state index >= 15 is 0 Å². The van der Waals surface area contributed by atoms with Gasteiger partial charge < -0.3 is 18.2 Å². The Morgan fingerprint density at radius 2 is 1.74 bits per heavy atom. The van der Waals surface area contributed by atoms with E-state index in [0.717, 1.165) is 31.4 Å². The largest absolute Gasteiger partial charge is 0.458 e. The minimum Gasteiger partial charge on any atom is -0.458 e. The molecule has 3 atom stereocenters. The number of esters is 1. The van der Waals surface area contributed by atoms with Crippen LogP contribution in [0.4, 0.5) is 0 Å². The number of nitrogens with one attached hydrogen (secondary N) is 1. The molecule has 0 amide bonds. The molecule has 0 fully saturated rings. The van der Waals surface area contributed by atoms with E-state index < -0.39 is 16.6 Å². The molecule has 0 saturated carbocycles. The maximum Gasteiger partial charge on any atom is 0.342 e. The maximum absolute atomic E-state index is 13.3. The highest BCUT2D eigenvalue weighted by Gasteiger charge is 2.39. The molecule has 0 saturated heterocycles. The quantitative estimate of drug-likeness (QED) is 0.0872. The molecule has 46 heavy (non-hydrogen) atoms. The molecule has 1 aliphatic rings. The first-order valence-electron chi connectivity index (χ1n) is 17.2. The van der Waals surface area contributed by atoms with Crippen LogP contribution in [0.3, 0.4) is 0 Å². The van der Waals surface area contributed by atoms with Gasteiger partial charge in [0.25, 0.3) is 0 Å². The third-order valence-corrected chi connectivity index (χ3v) is 19.1. The molecule has 258 valence electrons. The fraction of sp³-hybridized carbons (Fsp3) is 0.703. The summed E-state index contributed by atoms with van der Waals surface area (Å²) in [6, 6.07) is 0.00908. The van der Waals surface area contributed by atoms with E-state index in [-0.39, 0.29) is 46.5 Å². The third-order valence-electron chi connectivity index (χ3n) is 9.97. The van der Waals surface area contributed by atoms with Crippen LogP contribution < -0.4 is 5.62 Å². The van der Waals surface area contributed by atoms with Gasteiger partial charge in [-0.1, -0.05) is 79.2 Å². The zero-order chi connectivity index (χ0) is 34.9. The molecule has 0 aromatic carbocycles. The zero-order valence-corrected chi connectivity index (χ0v) is 33.1. The van der Waals surface area contributed by atoms with Gasteiger partial charge in [-0.25, -0.2) is 9.78 Å². The molecule has 2 rings (SSSR count). The molecule has 1 aromatic rings. The first kappa shape index (κ1) is 39.9. The van der Waals surface area contributed by atoms with Crippen molar-refractivity contribution in [3.8, 4) is 11.8 Å². The Balaban J connectivity index is 2.16. The highest BCUT2D eigenvalue weighted by Crippen LogP contribution is 2.39. The highest BCUT2D eigenvalue weighted by atomic mass is 28.4. The minimum atomic E-state index is -1.86. The lowest BCUT2D eigenvalue weighted by atomic mass is 10.0. The van der Waals surface area contributed by atoms with Crippen LogP contribution in [0.1, 0.15) is 122 Å². The van der Waals surface area contributed by atoms with Gasteiger partial charge in [-0.15, -0.1) is 5.92 Å². The molecule has 7 nitrogen and oxygen atoms in total. The van der Waals surface area contributed by atoms with Gasteiger partial charge in [-0.05, 0) is 81.7 Å². The fourth-order valence-corrected chi connectivity index (χ4v) is 8.02. The van der Waals surface area contributed by atoms with Crippen molar-refractivity contribution in [3.63, 3.8) is 0 Å². The molecule has 2 heterocycles. The number of aromatic nitrogens is 2. The van der Waals surface area contributed by atoms with Crippen LogP contribution in [-0.2, 0) is 26.4 Å². The van der Waals surface area contributed by atoms with Crippen LogP contribution in [0.25, 0.3) is 0 Å². The Labute approximate surface area is 282 Å². The van der Waals surface area contributed by atoms with E-state index in [1.807, 2.05) is 4.57 Å². The number of ether oxygens (including phenoxy) is 1. The van der Waals surface area contributed by atoms with Gasteiger partial charge in [0, 0.05) is 30.7 Å². The number of carbonyl (C=O) groups excluding carboxylic acids is 1. The molecule has 0 spiro atoms. The van der Waals surface area contributed by atoms with Crippen molar-refractivity contribution in [1.82, 2.24) is 9.55 Å². The first-order valence-corrected chi connectivity index (χ1v) is 23.0. The second-order valence-corrected chi connectivity index (χ2v) is 25.3. The van der Waals surface area contributed by atoms with Crippen LogP contribution in [0, 0.1) is 17.3 Å². The number of allylic oxidation sites excluding steroid dienone is 1. The monoisotopic (exact) mass is 669 g/mol. The number of carbonyl (C=O) groups is 1. The summed E-state index contributed by atoms with van der Waals surface area (Å²) < 4.78 is 20.5.